The first-order chi connectivity index (χ1) is 9.84. The molecule has 110 valence electrons. The van der Waals surface area contributed by atoms with Crippen molar-refractivity contribution in [3.05, 3.63) is 54.4 Å². The Kier molecular flexibility index (Phi) is 4.32. The van der Waals surface area contributed by atoms with Crippen LogP contribution in [0.3, 0.4) is 0 Å². The summed E-state index contributed by atoms with van der Waals surface area (Å²) in [7, 11) is -4.67. The van der Waals surface area contributed by atoms with Crippen LogP contribution >= 0.6 is 0 Å². The number of rotatable bonds is 4. The number of nitrogens with one attached hydrogen (secondary N) is 1. The first-order valence-corrected chi connectivity index (χ1v) is 7.53. The van der Waals surface area contributed by atoms with Gasteiger partial charge in [-0.05, 0) is 18.2 Å². The average molecular weight is 309 g/mol. The molecule has 1 heterocycles. The molecular formula is C14H14FN2O3S+. The Morgan fingerprint density at radius 3 is 2.48 bits per heavy atom. The Bertz CT molecular complexity index is 758. The number of amides is 1. The van der Waals surface area contributed by atoms with Crippen molar-refractivity contribution in [3.63, 3.8) is 0 Å². The highest BCUT2D eigenvalue weighted by Gasteiger charge is 2.12. The SMILES string of the molecule is CC(=O)Nc1ccc[n+](Cc2ccc(S(=O)(=O)F)cc2)c1. The Morgan fingerprint density at radius 1 is 1.24 bits per heavy atom. The van der Waals surface area contributed by atoms with Gasteiger partial charge in [0.2, 0.25) is 5.91 Å². The van der Waals surface area contributed by atoms with E-state index in [2.05, 4.69) is 5.32 Å². The van der Waals surface area contributed by atoms with E-state index < -0.39 is 10.2 Å². The molecule has 1 aromatic carbocycles. The molecular weight excluding hydrogens is 295 g/mol. The first-order valence-electron chi connectivity index (χ1n) is 6.15. The van der Waals surface area contributed by atoms with Gasteiger partial charge in [0, 0.05) is 18.6 Å². The normalized spacial score (nSPS) is 11.1. The van der Waals surface area contributed by atoms with Gasteiger partial charge in [0.25, 0.3) is 0 Å². The van der Waals surface area contributed by atoms with Crippen LogP contribution in [0.1, 0.15) is 12.5 Å². The molecule has 1 amide bonds. The molecule has 7 heteroatoms. The second kappa shape index (κ2) is 6.01. The lowest BCUT2D eigenvalue weighted by Gasteiger charge is -2.02. The number of hydrogen-bond acceptors (Lipinski definition) is 3. The summed E-state index contributed by atoms with van der Waals surface area (Å²) in [4.78, 5) is 10.6. The van der Waals surface area contributed by atoms with Crippen LogP contribution in [0.2, 0.25) is 0 Å². The van der Waals surface area contributed by atoms with Gasteiger partial charge >= 0.3 is 10.2 Å². The Labute approximate surface area is 122 Å². The molecule has 0 aliphatic carbocycles. The van der Waals surface area contributed by atoms with Crippen molar-refractivity contribution in [1.29, 1.82) is 0 Å². The number of nitrogens with zero attached hydrogens (tertiary/aromatic N) is 1. The van der Waals surface area contributed by atoms with Crippen LogP contribution in [-0.4, -0.2) is 14.3 Å². The quantitative estimate of drug-likeness (QED) is 0.689. The molecule has 1 aromatic heterocycles. The molecule has 0 spiro atoms. The minimum Gasteiger partial charge on any atom is -0.321 e. The molecule has 5 nitrogen and oxygen atoms in total. The predicted molar refractivity (Wildman–Crippen MR) is 74.8 cm³/mol. The number of anilines is 1. The number of hydrogen-bond donors (Lipinski definition) is 1. The van der Waals surface area contributed by atoms with Gasteiger partial charge in [0.15, 0.2) is 18.9 Å². The fraction of sp³-hybridized carbons (Fsp3) is 0.143. The lowest BCUT2D eigenvalue weighted by molar-refractivity contribution is -0.687. The summed E-state index contributed by atoms with van der Waals surface area (Å²) in [5, 5.41) is 2.67. The maximum atomic E-state index is 12.8. The molecule has 0 bridgehead atoms. The zero-order chi connectivity index (χ0) is 15.5. The van der Waals surface area contributed by atoms with Crippen LogP contribution in [0.25, 0.3) is 0 Å². The van der Waals surface area contributed by atoms with Gasteiger partial charge in [0.1, 0.15) is 5.69 Å². The van der Waals surface area contributed by atoms with Crippen LogP contribution < -0.4 is 9.88 Å². The number of halogens is 1. The predicted octanol–water partition coefficient (Wildman–Crippen LogP) is 1.64. The fourth-order valence-electron chi connectivity index (χ4n) is 1.87. The molecule has 0 fully saturated rings. The molecule has 2 aromatic rings. The summed E-state index contributed by atoms with van der Waals surface area (Å²) >= 11 is 0. The Morgan fingerprint density at radius 2 is 1.90 bits per heavy atom. The van der Waals surface area contributed by atoms with E-state index in [4.69, 9.17) is 0 Å². The smallest absolute Gasteiger partial charge is 0.321 e. The highest BCUT2D eigenvalue weighted by Crippen LogP contribution is 2.13. The zero-order valence-electron chi connectivity index (χ0n) is 11.3. The summed E-state index contributed by atoms with van der Waals surface area (Å²) in [6.07, 6.45) is 3.56. The van der Waals surface area contributed by atoms with Gasteiger partial charge in [-0.15, -0.1) is 3.89 Å². The standard InChI is InChI=1S/C14H13FN2O3S/c1-11(18)16-13-3-2-8-17(10-13)9-12-4-6-14(7-5-12)21(15,19)20/h2-8,10H,9H2,1H3/p+1. The van der Waals surface area contributed by atoms with E-state index in [0.717, 1.165) is 5.56 Å². The van der Waals surface area contributed by atoms with E-state index in [1.807, 2.05) is 10.8 Å². The molecule has 0 unspecified atom stereocenters. The lowest BCUT2D eigenvalue weighted by Crippen LogP contribution is -2.33. The highest BCUT2D eigenvalue weighted by molar-refractivity contribution is 7.86. The molecule has 0 aliphatic heterocycles. The van der Waals surface area contributed by atoms with Gasteiger partial charge in [-0.3, -0.25) is 4.79 Å². The third kappa shape index (κ3) is 4.35. The first kappa shape index (κ1) is 15.1. The molecule has 0 radical (unpaired) electrons. The monoisotopic (exact) mass is 309 g/mol. The topological polar surface area (TPSA) is 67.1 Å². The summed E-state index contributed by atoms with van der Waals surface area (Å²) in [6.45, 7) is 1.90. The minimum absolute atomic E-state index is 0.162. The van der Waals surface area contributed by atoms with Crippen molar-refractivity contribution in [3.8, 4) is 0 Å². The Hall–Kier alpha value is -2.28. The molecule has 0 aliphatic rings. The van der Waals surface area contributed by atoms with Crippen LogP contribution in [0.5, 0.6) is 0 Å². The van der Waals surface area contributed by atoms with Crippen LogP contribution in [0, 0.1) is 0 Å². The molecule has 0 saturated carbocycles. The van der Waals surface area contributed by atoms with Crippen molar-refractivity contribution in [2.45, 2.75) is 18.4 Å². The minimum atomic E-state index is -4.67. The maximum Gasteiger partial charge on any atom is 0.332 e. The van der Waals surface area contributed by atoms with Crippen molar-refractivity contribution < 1.29 is 21.7 Å². The summed E-state index contributed by atoms with van der Waals surface area (Å²) in [5.41, 5.74) is 1.47. The number of benzene rings is 1. The average Bonchev–Trinajstić information content (AvgIpc) is 2.38. The van der Waals surface area contributed by atoms with Gasteiger partial charge in [0.05, 0.1) is 4.90 Å². The van der Waals surface area contributed by atoms with Crippen molar-refractivity contribution in [1.82, 2.24) is 0 Å². The largest absolute Gasteiger partial charge is 0.332 e. The van der Waals surface area contributed by atoms with Crippen molar-refractivity contribution in [2.75, 3.05) is 5.32 Å². The van der Waals surface area contributed by atoms with Gasteiger partial charge in [-0.2, -0.15) is 13.0 Å². The van der Waals surface area contributed by atoms with Crippen LogP contribution in [0.15, 0.2) is 53.7 Å². The maximum absolute atomic E-state index is 12.8. The number of carbonyl (C=O) groups excluding carboxylic acids is 1. The molecule has 0 atom stereocenters. The van der Waals surface area contributed by atoms with Gasteiger partial charge < -0.3 is 5.32 Å². The van der Waals surface area contributed by atoms with E-state index in [1.165, 1.54) is 19.1 Å². The number of aromatic nitrogens is 1. The Balaban J connectivity index is 2.16. The second-order valence-electron chi connectivity index (χ2n) is 4.53. The van der Waals surface area contributed by atoms with E-state index in [1.54, 1.807) is 30.5 Å². The van der Waals surface area contributed by atoms with Crippen molar-refractivity contribution in [2.24, 2.45) is 0 Å². The second-order valence-corrected chi connectivity index (χ2v) is 5.88. The summed E-state index contributed by atoms with van der Waals surface area (Å²) in [6, 6.07) is 9.09. The van der Waals surface area contributed by atoms with E-state index in [-0.39, 0.29) is 10.8 Å². The number of carbonyl (C=O) groups is 1. The molecule has 2 rings (SSSR count). The van der Waals surface area contributed by atoms with E-state index >= 15 is 0 Å². The fourth-order valence-corrected chi connectivity index (χ4v) is 2.33. The summed E-state index contributed by atoms with van der Waals surface area (Å²) in [5.74, 6) is -0.162. The van der Waals surface area contributed by atoms with E-state index in [9.17, 15) is 17.1 Å². The molecule has 0 saturated heterocycles. The molecule has 21 heavy (non-hydrogen) atoms. The third-order valence-corrected chi connectivity index (χ3v) is 3.58. The van der Waals surface area contributed by atoms with Crippen LogP contribution in [-0.2, 0) is 21.6 Å². The van der Waals surface area contributed by atoms with E-state index in [0.29, 0.717) is 12.2 Å². The van der Waals surface area contributed by atoms with Gasteiger partial charge in [-0.25, -0.2) is 0 Å². The summed E-state index contributed by atoms with van der Waals surface area (Å²) < 4.78 is 36.1. The zero-order valence-corrected chi connectivity index (χ0v) is 12.1. The van der Waals surface area contributed by atoms with Gasteiger partial charge in [-0.1, -0.05) is 12.1 Å². The lowest BCUT2D eigenvalue weighted by atomic mass is 10.2. The molecule has 1 N–H and O–H groups in total. The van der Waals surface area contributed by atoms with Crippen LogP contribution in [0.4, 0.5) is 9.57 Å². The highest BCUT2D eigenvalue weighted by atomic mass is 32.3. The number of pyridine rings is 1. The van der Waals surface area contributed by atoms with Crippen molar-refractivity contribution >= 4 is 21.8 Å². The third-order valence-electron chi connectivity index (χ3n) is 2.75.